The van der Waals surface area contributed by atoms with Crippen molar-refractivity contribution in [3.05, 3.63) is 35.4 Å². The molecule has 1 heterocycles. The van der Waals surface area contributed by atoms with Crippen LogP contribution in [0.1, 0.15) is 12.8 Å². The van der Waals surface area contributed by atoms with E-state index in [0.29, 0.717) is 0 Å². The molecule has 0 aromatic heterocycles. The molecular weight excluding hydrogens is 345 g/mol. The second-order valence-electron chi connectivity index (χ2n) is 2.27. The molecular formula is C9H12Se3. The van der Waals surface area contributed by atoms with Crippen molar-refractivity contribution in [2.75, 3.05) is 0 Å². The molecule has 66 valence electrons. The molecule has 0 nitrogen and oxygen atoms in total. The van der Waals surface area contributed by atoms with Gasteiger partial charge in [-0.05, 0) is 0 Å². The van der Waals surface area contributed by atoms with Crippen molar-refractivity contribution < 1.29 is 0 Å². The van der Waals surface area contributed by atoms with Crippen molar-refractivity contribution in [2.24, 2.45) is 0 Å². The van der Waals surface area contributed by atoms with Crippen LogP contribution in [0.3, 0.4) is 0 Å². The Morgan fingerprint density at radius 1 is 1.00 bits per heavy atom. The molecule has 0 atom stereocenters. The van der Waals surface area contributed by atoms with E-state index >= 15 is 0 Å². The Morgan fingerprint density at radius 2 is 1.92 bits per heavy atom. The molecule has 0 spiro atoms. The third-order valence-electron chi connectivity index (χ3n) is 1.29. The van der Waals surface area contributed by atoms with Gasteiger partial charge in [-0.1, -0.05) is 0 Å². The van der Waals surface area contributed by atoms with Crippen LogP contribution in [0.5, 0.6) is 0 Å². The first-order valence-electron chi connectivity index (χ1n) is 3.93. The van der Waals surface area contributed by atoms with Gasteiger partial charge >= 0.3 is 91.1 Å². The molecule has 0 aromatic carbocycles. The Balaban J connectivity index is 2.32. The second kappa shape index (κ2) is 8.38. The van der Waals surface area contributed by atoms with Crippen molar-refractivity contribution >= 4 is 37.6 Å². The van der Waals surface area contributed by atoms with Crippen LogP contribution >= 0.6 is 0 Å². The maximum atomic E-state index is 2.36. The van der Waals surface area contributed by atoms with Gasteiger partial charge in [-0.3, -0.25) is 0 Å². The van der Waals surface area contributed by atoms with E-state index in [1.807, 2.05) is 0 Å². The topological polar surface area (TPSA) is 0 Å². The number of hydrogen-bond donors (Lipinski definition) is 0. The average molecular weight is 357 g/mol. The summed E-state index contributed by atoms with van der Waals surface area (Å²) in [4.78, 5) is 2.36. The summed E-state index contributed by atoms with van der Waals surface area (Å²) in [5, 5.41) is 1.50. The third-order valence-corrected chi connectivity index (χ3v) is 18.0. The zero-order valence-corrected chi connectivity index (χ0v) is 11.9. The predicted octanol–water partition coefficient (Wildman–Crippen LogP) is 1.77. The Bertz CT molecular complexity index is 162. The van der Waals surface area contributed by atoms with Gasteiger partial charge in [0.1, 0.15) is 0 Å². The van der Waals surface area contributed by atoms with Crippen LogP contribution in [0.15, 0.2) is 35.4 Å². The molecule has 0 bridgehead atoms. The Labute approximate surface area is 90.5 Å². The molecule has 0 saturated heterocycles. The summed E-state index contributed by atoms with van der Waals surface area (Å²) in [6, 6.07) is 0. The second-order valence-corrected chi connectivity index (χ2v) is 18.7. The fourth-order valence-electron chi connectivity index (χ4n) is 0.725. The van der Waals surface area contributed by atoms with Crippen LogP contribution in [0.4, 0.5) is 0 Å². The fourth-order valence-corrected chi connectivity index (χ4v) is 15.4. The molecule has 0 fully saturated rings. The van der Waals surface area contributed by atoms with Crippen LogP contribution in [-0.2, 0) is 0 Å². The van der Waals surface area contributed by atoms with Gasteiger partial charge < -0.3 is 0 Å². The summed E-state index contributed by atoms with van der Waals surface area (Å²) in [6.45, 7) is 0. The molecule has 0 aromatic rings. The van der Waals surface area contributed by atoms with Gasteiger partial charge in [0.05, 0.1) is 0 Å². The standard InChI is InChI=1S/C9H12Se3/c1-2-4-6-8-10-12-11-9-7-5-3-1/h1-4,6,8H,5,7,9H2/b3-1-,4-2+,8-6+. The van der Waals surface area contributed by atoms with Gasteiger partial charge in [-0.2, -0.15) is 0 Å². The first kappa shape index (κ1) is 10.9. The monoisotopic (exact) mass is 360 g/mol. The van der Waals surface area contributed by atoms with E-state index in [1.165, 1.54) is 18.2 Å². The maximum absolute atomic E-state index is 2.36. The van der Waals surface area contributed by atoms with Crippen molar-refractivity contribution in [3.63, 3.8) is 0 Å². The van der Waals surface area contributed by atoms with E-state index < -0.39 is 0 Å². The molecule has 0 unspecified atom stereocenters. The summed E-state index contributed by atoms with van der Waals surface area (Å²) in [6.07, 6.45) is 13.6. The van der Waals surface area contributed by atoms with Gasteiger partial charge in [0.2, 0.25) is 0 Å². The van der Waals surface area contributed by atoms with Crippen molar-refractivity contribution in [1.29, 1.82) is 0 Å². The minimum absolute atomic E-state index is 0.834. The van der Waals surface area contributed by atoms with E-state index in [9.17, 15) is 0 Å². The Hall–Kier alpha value is 0.778. The number of hydrogen-bond acceptors (Lipinski definition) is 0. The Morgan fingerprint density at radius 3 is 2.92 bits per heavy atom. The number of allylic oxidation sites excluding steroid dienone is 5. The van der Waals surface area contributed by atoms with Crippen molar-refractivity contribution in [2.45, 2.75) is 18.2 Å². The summed E-state index contributed by atoms with van der Waals surface area (Å²) < 4.78 is 0. The average Bonchev–Trinajstić information content (AvgIpc) is 2.05. The van der Waals surface area contributed by atoms with Gasteiger partial charge in [0.25, 0.3) is 0 Å². The van der Waals surface area contributed by atoms with Crippen molar-refractivity contribution in [3.8, 4) is 0 Å². The third kappa shape index (κ3) is 6.31. The molecule has 0 saturated carbocycles. The summed E-state index contributed by atoms with van der Waals surface area (Å²) in [7, 11) is 0. The first-order chi connectivity index (χ1) is 6.00. The molecule has 12 heavy (non-hydrogen) atoms. The van der Waals surface area contributed by atoms with E-state index in [2.05, 4.69) is 35.4 Å². The SMILES string of the molecule is C1=C\CCC[Se][Se][Se]/C=C/C=C/1. The van der Waals surface area contributed by atoms with Crippen LogP contribution < -0.4 is 0 Å². The summed E-state index contributed by atoms with van der Waals surface area (Å²) in [5.41, 5.74) is 0. The molecule has 1 rings (SSSR count). The van der Waals surface area contributed by atoms with Gasteiger partial charge in [-0.25, -0.2) is 0 Å². The zero-order valence-electron chi connectivity index (χ0n) is 6.81. The number of rotatable bonds is 0. The van der Waals surface area contributed by atoms with E-state index in [1.54, 1.807) is 0 Å². The van der Waals surface area contributed by atoms with E-state index in [-0.39, 0.29) is 0 Å². The van der Waals surface area contributed by atoms with Gasteiger partial charge in [0.15, 0.2) is 0 Å². The Kier molecular flexibility index (Phi) is 7.58. The van der Waals surface area contributed by atoms with Crippen LogP contribution in [-0.4, -0.2) is 37.6 Å². The summed E-state index contributed by atoms with van der Waals surface area (Å²) >= 11 is 2.79. The molecule has 1 aliphatic heterocycles. The van der Waals surface area contributed by atoms with Gasteiger partial charge in [-0.15, -0.1) is 0 Å². The molecule has 0 aliphatic carbocycles. The molecule has 0 amide bonds. The first-order valence-corrected chi connectivity index (χ1v) is 14.8. The normalized spacial score (nSPS) is 28.0. The molecule has 0 radical (unpaired) electrons. The zero-order chi connectivity index (χ0) is 8.49. The van der Waals surface area contributed by atoms with Gasteiger partial charge in [0, 0.05) is 0 Å². The fraction of sp³-hybridized carbons (Fsp3) is 0.333. The van der Waals surface area contributed by atoms with Crippen LogP contribution in [0.25, 0.3) is 0 Å². The summed E-state index contributed by atoms with van der Waals surface area (Å²) in [5.74, 6) is 0. The molecule has 1 aliphatic rings. The molecule has 0 N–H and O–H groups in total. The van der Waals surface area contributed by atoms with Crippen molar-refractivity contribution in [1.82, 2.24) is 0 Å². The quantitative estimate of drug-likeness (QED) is 0.580. The van der Waals surface area contributed by atoms with E-state index in [0.717, 1.165) is 37.6 Å². The van der Waals surface area contributed by atoms with Crippen LogP contribution in [0.2, 0.25) is 5.32 Å². The molecule has 3 heteroatoms. The van der Waals surface area contributed by atoms with Crippen LogP contribution in [0, 0.1) is 0 Å². The van der Waals surface area contributed by atoms with E-state index in [4.69, 9.17) is 0 Å². The predicted molar refractivity (Wildman–Crippen MR) is 58.7 cm³/mol. The minimum atomic E-state index is 0.834.